The second-order valence-electron chi connectivity index (χ2n) is 14.1. The Morgan fingerprint density at radius 3 is 2.36 bits per heavy atom. The molecule has 4 heterocycles. The molecular formula is C38H35ClN4O9S. The number of imide groups is 4. The fourth-order valence-electron chi connectivity index (χ4n) is 9.24. The molecule has 6 atom stereocenters. The summed E-state index contributed by atoms with van der Waals surface area (Å²) in [6.07, 6.45) is 0.941. The van der Waals surface area contributed by atoms with Gasteiger partial charge in [-0.05, 0) is 61.8 Å². The number of likely N-dealkylation sites (tertiary alicyclic amines) is 1. The number of fused-ring (bicyclic) bond motifs is 5. The number of ether oxygens (including phenoxy) is 3. The lowest BCUT2D eigenvalue weighted by atomic mass is 9.51. The Labute approximate surface area is 312 Å². The van der Waals surface area contributed by atoms with E-state index in [-0.39, 0.29) is 35.9 Å². The summed E-state index contributed by atoms with van der Waals surface area (Å²) in [4.78, 5) is 72.7. The van der Waals surface area contributed by atoms with Crippen LogP contribution >= 0.6 is 22.9 Å². The number of anilines is 1. The number of hydrogen-bond donors (Lipinski definition) is 1. The van der Waals surface area contributed by atoms with Crippen LogP contribution in [0.15, 0.2) is 48.0 Å². The van der Waals surface area contributed by atoms with Crippen LogP contribution in [0.2, 0.25) is 5.02 Å². The zero-order valence-corrected chi connectivity index (χ0v) is 31.2. The number of phenolic OH excluding ortho intramolecular Hbond substituents is 1. The van der Waals surface area contributed by atoms with Crippen molar-refractivity contribution in [3.63, 3.8) is 0 Å². The largest absolute Gasteiger partial charge is 0.508 e. The van der Waals surface area contributed by atoms with Crippen molar-refractivity contribution in [2.75, 3.05) is 26.2 Å². The summed E-state index contributed by atoms with van der Waals surface area (Å²) in [7, 11) is 5.61. The van der Waals surface area contributed by atoms with Crippen molar-refractivity contribution in [2.24, 2.45) is 36.1 Å². The molecule has 0 unspecified atom stereocenters. The zero-order valence-electron chi connectivity index (χ0n) is 29.6. The van der Waals surface area contributed by atoms with Crippen LogP contribution in [0.5, 0.6) is 17.2 Å². The van der Waals surface area contributed by atoms with Crippen molar-refractivity contribution >= 4 is 68.6 Å². The van der Waals surface area contributed by atoms with Gasteiger partial charge in [-0.1, -0.05) is 23.3 Å². The second-order valence-corrected chi connectivity index (χ2v) is 15.6. The normalized spacial score (nSPS) is 26.5. The molecule has 0 spiro atoms. The number of methoxy groups -OCH3 is 3. The Morgan fingerprint density at radius 1 is 1.00 bits per heavy atom. The van der Waals surface area contributed by atoms with E-state index in [1.54, 1.807) is 20.0 Å². The van der Waals surface area contributed by atoms with Gasteiger partial charge in [-0.15, -0.1) is 11.3 Å². The quantitative estimate of drug-likeness (QED) is 0.190. The Morgan fingerprint density at radius 2 is 1.70 bits per heavy atom. The molecule has 2 aromatic heterocycles. The molecule has 15 heteroatoms. The number of thiophene rings is 1. The maximum atomic E-state index is 15.2. The number of allylic oxidation sites excluding steroid dienone is 2. The van der Waals surface area contributed by atoms with E-state index in [1.807, 2.05) is 31.2 Å². The van der Waals surface area contributed by atoms with E-state index in [9.17, 15) is 24.3 Å². The highest BCUT2D eigenvalue weighted by Crippen LogP contribution is 2.65. The summed E-state index contributed by atoms with van der Waals surface area (Å²) < 4.78 is 18.9. The van der Waals surface area contributed by atoms with Gasteiger partial charge in [0.25, 0.3) is 0 Å². The molecule has 3 fully saturated rings. The molecule has 1 saturated carbocycles. The Bertz CT molecular complexity index is 2320. The standard InChI is InChI=1S/C38H35ClN4O9S/c1-16-21-11-17(39)7-10-27(21)53-32(16)24-15-28(41(3)40-24)42-34(46)23-14-22-19(8-9-20-29(22)35(47)43(33(20)45)37(49)52-6)31(38(23,2)36(42)48)30-25(50-4)12-18(44)13-26(30)51-5/h7-8,10-13,15,20,22-23,29,31,44H,9,14H2,1-6H3/t20-,22+,23-,29-,31+,38+/m0/s1. The van der Waals surface area contributed by atoms with E-state index in [4.69, 9.17) is 30.9 Å². The van der Waals surface area contributed by atoms with Crippen molar-refractivity contribution < 1.29 is 43.3 Å². The third kappa shape index (κ3) is 4.74. The molecule has 5 amide bonds. The number of aryl methyl sites for hydroxylation is 2. The number of carbonyl (C=O) groups excluding carboxylic acids is 5. The topological polar surface area (TPSA) is 158 Å². The summed E-state index contributed by atoms with van der Waals surface area (Å²) in [6, 6.07) is 10.2. The summed E-state index contributed by atoms with van der Waals surface area (Å²) in [6.45, 7) is 3.71. The fourth-order valence-corrected chi connectivity index (χ4v) is 10.6. The Hall–Kier alpha value is -5.21. The number of rotatable bonds is 5. The number of phenols is 1. The maximum Gasteiger partial charge on any atom is 0.423 e. The first-order valence-electron chi connectivity index (χ1n) is 17.0. The summed E-state index contributed by atoms with van der Waals surface area (Å²) >= 11 is 7.83. The van der Waals surface area contributed by atoms with Gasteiger partial charge in [0.15, 0.2) is 0 Å². The van der Waals surface area contributed by atoms with Crippen LogP contribution < -0.4 is 14.4 Å². The second kappa shape index (κ2) is 12.2. The third-order valence-electron chi connectivity index (χ3n) is 11.7. The van der Waals surface area contributed by atoms with Gasteiger partial charge in [-0.25, -0.2) is 9.69 Å². The van der Waals surface area contributed by atoms with E-state index in [2.05, 4.69) is 0 Å². The van der Waals surface area contributed by atoms with Gasteiger partial charge in [0, 0.05) is 46.5 Å². The third-order valence-corrected chi connectivity index (χ3v) is 13.2. The molecule has 2 aliphatic carbocycles. The predicted octanol–water partition coefficient (Wildman–Crippen LogP) is 5.98. The van der Waals surface area contributed by atoms with Gasteiger partial charge < -0.3 is 19.3 Å². The van der Waals surface area contributed by atoms with Crippen LogP contribution in [0.1, 0.15) is 36.8 Å². The number of carbonyl (C=O) groups is 5. The SMILES string of the molecule is COC(=O)N1C(=O)[C@H]2[C@H](CC=C3[C@H]2C[C@H]2C(=O)N(c4cc(-c5sc6ccc(Cl)cc6c5C)nn4C)C(=O)[C@@]2(C)[C@H]3c2c(OC)cc(O)cc2OC)C1=O. The average molecular weight is 759 g/mol. The van der Waals surface area contributed by atoms with Gasteiger partial charge >= 0.3 is 6.09 Å². The van der Waals surface area contributed by atoms with Crippen molar-refractivity contribution in [1.29, 1.82) is 0 Å². The Kier molecular flexibility index (Phi) is 8.00. The van der Waals surface area contributed by atoms with Gasteiger partial charge in [0.2, 0.25) is 23.6 Å². The molecule has 0 radical (unpaired) electrons. The molecule has 2 aliphatic heterocycles. The van der Waals surface area contributed by atoms with Gasteiger partial charge in [0.05, 0.1) is 49.4 Å². The fraction of sp³-hybridized carbons (Fsp3) is 0.368. The number of amides is 5. The minimum absolute atomic E-state index is 0.0543. The minimum atomic E-state index is -1.45. The first-order chi connectivity index (χ1) is 25.3. The lowest BCUT2D eigenvalue weighted by molar-refractivity contribution is -0.138. The van der Waals surface area contributed by atoms with E-state index in [0.29, 0.717) is 26.8 Å². The maximum absolute atomic E-state index is 15.2. The molecule has 13 nitrogen and oxygen atoms in total. The van der Waals surface area contributed by atoms with Gasteiger partial charge in [-0.2, -0.15) is 10.00 Å². The molecule has 4 aromatic rings. The molecule has 8 rings (SSSR count). The summed E-state index contributed by atoms with van der Waals surface area (Å²) in [5, 5.41) is 16.9. The van der Waals surface area contributed by atoms with E-state index in [0.717, 1.165) is 27.6 Å². The zero-order chi connectivity index (χ0) is 37.8. The smallest absolute Gasteiger partial charge is 0.423 e. The summed E-state index contributed by atoms with van der Waals surface area (Å²) in [5.74, 6) is -6.24. The number of benzene rings is 2. The first-order valence-corrected chi connectivity index (χ1v) is 18.2. The highest BCUT2D eigenvalue weighted by atomic mass is 35.5. The van der Waals surface area contributed by atoms with Crippen LogP contribution in [0.4, 0.5) is 10.6 Å². The number of hydrogen-bond acceptors (Lipinski definition) is 11. The molecule has 274 valence electrons. The molecule has 2 saturated heterocycles. The first kappa shape index (κ1) is 34.9. The number of nitrogens with zero attached hydrogens (tertiary/aromatic N) is 4. The number of halogens is 1. The van der Waals surface area contributed by atoms with E-state index in [1.165, 1.54) is 47.3 Å². The van der Waals surface area contributed by atoms with Crippen LogP contribution in [0.25, 0.3) is 20.7 Å². The molecule has 4 aliphatic rings. The van der Waals surface area contributed by atoms with E-state index < -0.39 is 64.7 Å². The molecule has 2 aromatic carbocycles. The highest BCUT2D eigenvalue weighted by Gasteiger charge is 2.69. The average Bonchev–Trinajstić information content (AvgIpc) is 3.81. The molecule has 53 heavy (non-hydrogen) atoms. The van der Waals surface area contributed by atoms with Crippen LogP contribution in [0.3, 0.4) is 0 Å². The van der Waals surface area contributed by atoms with Gasteiger partial charge in [0.1, 0.15) is 28.8 Å². The lowest BCUT2D eigenvalue weighted by Crippen LogP contribution is -2.49. The number of aromatic hydroxyl groups is 1. The van der Waals surface area contributed by atoms with Gasteiger partial charge in [-0.3, -0.25) is 23.9 Å². The number of aromatic nitrogens is 2. The monoisotopic (exact) mass is 758 g/mol. The van der Waals surface area contributed by atoms with Crippen LogP contribution in [-0.4, -0.2) is 70.8 Å². The van der Waals surface area contributed by atoms with Crippen molar-refractivity contribution in [3.05, 3.63) is 64.2 Å². The molecular weight excluding hydrogens is 724 g/mol. The molecule has 0 bridgehead atoms. The van der Waals surface area contributed by atoms with Crippen LogP contribution in [0, 0.1) is 36.0 Å². The van der Waals surface area contributed by atoms with E-state index >= 15 is 4.79 Å². The van der Waals surface area contributed by atoms with Crippen LogP contribution in [-0.2, 0) is 31.0 Å². The summed E-state index contributed by atoms with van der Waals surface area (Å²) in [5.41, 5.74) is 1.14. The van der Waals surface area contributed by atoms with Crippen molar-refractivity contribution in [1.82, 2.24) is 14.7 Å². The molecule has 1 N–H and O–H groups in total. The van der Waals surface area contributed by atoms with Crippen molar-refractivity contribution in [2.45, 2.75) is 32.6 Å². The van der Waals surface area contributed by atoms with Crippen molar-refractivity contribution in [3.8, 4) is 27.8 Å². The lowest BCUT2D eigenvalue weighted by Gasteiger charge is -2.49. The Balaban J connectivity index is 1.29. The highest BCUT2D eigenvalue weighted by molar-refractivity contribution is 7.22. The predicted molar refractivity (Wildman–Crippen MR) is 194 cm³/mol. The minimum Gasteiger partial charge on any atom is -0.508 e.